The highest BCUT2D eigenvalue weighted by molar-refractivity contribution is 5.78. The number of hydrogen-bond acceptors (Lipinski definition) is 5. The monoisotopic (exact) mass is 429 g/mol. The molecule has 6 heteroatoms. The van der Waals surface area contributed by atoms with Crippen molar-refractivity contribution in [3.63, 3.8) is 0 Å². The minimum atomic E-state index is -0.382. The summed E-state index contributed by atoms with van der Waals surface area (Å²) >= 11 is 0. The maximum Gasteiger partial charge on any atom is 0.312 e. The summed E-state index contributed by atoms with van der Waals surface area (Å²) in [6, 6.07) is 16.5. The van der Waals surface area contributed by atoms with Crippen LogP contribution in [-0.4, -0.2) is 22.2 Å². The maximum atomic E-state index is 13.6. The quantitative estimate of drug-likeness (QED) is 0.635. The van der Waals surface area contributed by atoms with Gasteiger partial charge >= 0.3 is 5.97 Å². The second-order valence-electron chi connectivity index (χ2n) is 8.21. The lowest BCUT2D eigenvalue weighted by atomic mass is 9.85. The van der Waals surface area contributed by atoms with Gasteiger partial charge in [0, 0.05) is 29.8 Å². The lowest BCUT2D eigenvalue weighted by Crippen LogP contribution is -2.34. The van der Waals surface area contributed by atoms with Crippen molar-refractivity contribution >= 4 is 12.0 Å². The zero-order chi connectivity index (χ0) is 22.2. The van der Waals surface area contributed by atoms with Crippen molar-refractivity contribution in [3.8, 4) is 17.2 Å². The molecule has 0 saturated heterocycles. The Morgan fingerprint density at radius 2 is 1.84 bits per heavy atom. The fraction of sp³-hybridized carbons (Fsp3) is 0.231. The average molecular weight is 429 g/mol. The Labute approximate surface area is 185 Å². The molecular formula is C26H23NO5. The number of aromatic nitrogens is 1. The first-order valence-electron chi connectivity index (χ1n) is 10.6. The highest BCUT2D eigenvalue weighted by Crippen LogP contribution is 2.40. The van der Waals surface area contributed by atoms with Crippen molar-refractivity contribution in [2.75, 3.05) is 6.61 Å². The first kappa shape index (κ1) is 20.1. The molecule has 3 heterocycles. The van der Waals surface area contributed by atoms with E-state index in [1.165, 1.54) is 0 Å². The molecule has 6 nitrogen and oxygen atoms in total. The molecule has 0 aliphatic carbocycles. The standard InChI is InChI=1S/C26H23NO5/c1-16-12-23-25(26(30)27(16)11-10-17-6-8-20(28)9-7-17)21(14-24(29)32-23)19-13-18-4-2-3-5-22(18)31-15-19/h2-9,12-13,21,28H,10-11,14-15H2,1H3/t21-/m1/s1. The van der Waals surface area contributed by atoms with Crippen LogP contribution in [0.5, 0.6) is 17.2 Å². The van der Waals surface area contributed by atoms with Gasteiger partial charge in [0.25, 0.3) is 5.56 Å². The van der Waals surface area contributed by atoms with Gasteiger partial charge in [-0.2, -0.15) is 0 Å². The summed E-state index contributed by atoms with van der Waals surface area (Å²) < 4.78 is 13.1. The summed E-state index contributed by atoms with van der Waals surface area (Å²) in [4.78, 5) is 25.9. The van der Waals surface area contributed by atoms with Gasteiger partial charge in [0.15, 0.2) is 0 Å². The van der Waals surface area contributed by atoms with Crippen molar-refractivity contribution < 1.29 is 19.4 Å². The van der Waals surface area contributed by atoms with E-state index in [1.807, 2.05) is 49.4 Å². The number of esters is 1. The Bertz CT molecular complexity index is 1290. The minimum absolute atomic E-state index is 0.112. The molecule has 0 saturated carbocycles. The topological polar surface area (TPSA) is 77.8 Å². The SMILES string of the molecule is Cc1cc2c(c(=O)n1CCc1ccc(O)cc1)[C@@H](C1=Cc3ccccc3OC1)CC(=O)O2. The van der Waals surface area contributed by atoms with Gasteiger partial charge in [-0.3, -0.25) is 9.59 Å². The number of pyridine rings is 1. The number of phenols is 1. The van der Waals surface area contributed by atoms with Crippen LogP contribution in [0.1, 0.15) is 34.7 Å². The molecule has 1 N–H and O–H groups in total. The number of rotatable bonds is 4. The molecule has 2 aliphatic heterocycles. The number of para-hydroxylation sites is 1. The molecule has 1 aromatic heterocycles. The van der Waals surface area contributed by atoms with Crippen molar-refractivity contribution in [1.29, 1.82) is 0 Å². The summed E-state index contributed by atoms with van der Waals surface area (Å²) in [7, 11) is 0. The highest BCUT2D eigenvalue weighted by Gasteiger charge is 2.34. The third-order valence-corrected chi connectivity index (χ3v) is 6.11. The Morgan fingerprint density at radius 1 is 1.06 bits per heavy atom. The molecule has 3 aromatic rings. The summed E-state index contributed by atoms with van der Waals surface area (Å²) in [5, 5.41) is 9.49. The lowest BCUT2D eigenvalue weighted by molar-refractivity contribution is -0.135. The fourth-order valence-electron chi connectivity index (χ4n) is 4.43. The van der Waals surface area contributed by atoms with E-state index >= 15 is 0 Å². The van der Waals surface area contributed by atoms with Gasteiger partial charge in [-0.15, -0.1) is 0 Å². The number of carbonyl (C=O) groups excluding carboxylic acids is 1. The molecule has 32 heavy (non-hydrogen) atoms. The second kappa shape index (κ2) is 8.04. The van der Waals surface area contributed by atoms with Crippen molar-refractivity contribution in [2.45, 2.75) is 32.2 Å². The van der Waals surface area contributed by atoms with Gasteiger partial charge in [-0.05, 0) is 48.8 Å². The van der Waals surface area contributed by atoms with Crippen LogP contribution in [0.4, 0.5) is 0 Å². The number of carbonyl (C=O) groups is 1. The van der Waals surface area contributed by atoms with Crippen LogP contribution in [0.15, 0.2) is 65.0 Å². The normalized spacial score (nSPS) is 17.0. The van der Waals surface area contributed by atoms with E-state index in [-0.39, 0.29) is 29.6 Å². The largest absolute Gasteiger partial charge is 0.508 e. The Balaban J connectivity index is 1.53. The van der Waals surface area contributed by atoms with E-state index in [1.54, 1.807) is 22.8 Å². The minimum Gasteiger partial charge on any atom is -0.508 e. The van der Waals surface area contributed by atoms with Crippen LogP contribution in [0, 0.1) is 6.92 Å². The zero-order valence-corrected chi connectivity index (χ0v) is 17.7. The molecule has 0 radical (unpaired) electrons. The Kier molecular flexibility index (Phi) is 5.05. The molecular weight excluding hydrogens is 406 g/mol. The molecule has 0 unspecified atom stereocenters. The first-order chi connectivity index (χ1) is 15.5. The first-order valence-corrected chi connectivity index (χ1v) is 10.6. The van der Waals surface area contributed by atoms with Crippen LogP contribution < -0.4 is 15.0 Å². The van der Waals surface area contributed by atoms with Crippen molar-refractivity contribution in [1.82, 2.24) is 4.57 Å². The third-order valence-electron chi connectivity index (χ3n) is 6.11. The van der Waals surface area contributed by atoms with Crippen molar-refractivity contribution in [2.24, 2.45) is 0 Å². The predicted molar refractivity (Wildman–Crippen MR) is 120 cm³/mol. The van der Waals surface area contributed by atoms with Gasteiger partial charge in [0.2, 0.25) is 0 Å². The smallest absolute Gasteiger partial charge is 0.312 e. The molecule has 1 atom stereocenters. The molecule has 2 aromatic carbocycles. The molecule has 0 spiro atoms. The number of benzene rings is 2. The van der Waals surface area contributed by atoms with E-state index in [0.717, 1.165) is 28.1 Å². The Morgan fingerprint density at radius 3 is 2.66 bits per heavy atom. The summed E-state index contributed by atoms with van der Waals surface area (Å²) in [6.45, 7) is 2.66. The highest BCUT2D eigenvalue weighted by atomic mass is 16.5. The predicted octanol–water partition coefficient (Wildman–Crippen LogP) is 3.97. The van der Waals surface area contributed by atoms with E-state index in [9.17, 15) is 14.7 Å². The molecule has 0 bridgehead atoms. The number of ether oxygens (including phenoxy) is 2. The molecule has 0 fully saturated rings. The van der Waals surface area contributed by atoms with Crippen LogP contribution in [0.25, 0.3) is 6.08 Å². The Hall–Kier alpha value is -3.80. The number of hydrogen-bond donors (Lipinski definition) is 1. The maximum absolute atomic E-state index is 13.6. The van der Waals surface area contributed by atoms with E-state index in [0.29, 0.717) is 30.9 Å². The second-order valence-corrected chi connectivity index (χ2v) is 8.21. The van der Waals surface area contributed by atoms with Crippen LogP contribution >= 0.6 is 0 Å². The van der Waals surface area contributed by atoms with Gasteiger partial charge in [0.05, 0.1) is 12.0 Å². The average Bonchev–Trinajstić information content (AvgIpc) is 2.79. The molecule has 2 aliphatic rings. The number of phenolic OH excluding ortho intramolecular Hbond substituents is 1. The van der Waals surface area contributed by atoms with Crippen LogP contribution in [-0.2, 0) is 17.8 Å². The van der Waals surface area contributed by atoms with Gasteiger partial charge in [-0.1, -0.05) is 30.3 Å². The molecule has 162 valence electrons. The number of nitrogens with zero attached hydrogens (tertiary/aromatic N) is 1. The lowest BCUT2D eigenvalue weighted by Gasteiger charge is -2.29. The van der Waals surface area contributed by atoms with Crippen LogP contribution in [0.2, 0.25) is 0 Å². The zero-order valence-electron chi connectivity index (χ0n) is 17.7. The van der Waals surface area contributed by atoms with Gasteiger partial charge in [0.1, 0.15) is 23.9 Å². The third kappa shape index (κ3) is 3.68. The fourth-order valence-corrected chi connectivity index (χ4v) is 4.43. The summed E-state index contributed by atoms with van der Waals surface area (Å²) in [5.41, 5.74) is 3.96. The van der Waals surface area contributed by atoms with E-state index in [4.69, 9.17) is 9.47 Å². The van der Waals surface area contributed by atoms with E-state index < -0.39 is 0 Å². The number of fused-ring (bicyclic) bond motifs is 2. The molecule has 0 amide bonds. The summed E-state index contributed by atoms with van der Waals surface area (Å²) in [5.74, 6) is 0.625. The van der Waals surface area contributed by atoms with Gasteiger partial charge in [-0.25, -0.2) is 0 Å². The number of aryl methyl sites for hydroxylation is 2. The summed E-state index contributed by atoms with van der Waals surface area (Å²) in [6.07, 6.45) is 2.77. The van der Waals surface area contributed by atoms with E-state index in [2.05, 4.69) is 0 Å². The van der Waals surface area contributed by atoms with Crippen LogP contribution in [0.3, 0.4) is 0 Å². The molecule has 5 rings (SSSR count). The van der Waals surface area contributed by atoms with Gasteiger partial charge < -0.3 is 19.1 Å². The van der Waals surface area contributed by atoms with Crippen molar-refractivity contribution in [3.05, 3.63) is 92.9 Å². The number of aromatic hydroxyl groups is 1.